The normalized spacial score (nSPS) is 53.8. The van der Waals surface area contributed by atoms with Crippen molar-refractivity contribution >= 4 is 5.91 Å². The van der Waals surface area contributed by atoms with Crippen molar-refractivity contribution in [3.05, 3.63) is 0 Å². The minimum atomic E-state index is -2.31. The summed E-state index contributed by atoms with van der Waals surface area (Å²) in [5, 5.41) is 9.21. The van der Waals surface area contributed by atoms with Crippen LogP contribution in [0, 0.1) is 23.2 Å². The van der Waals surface area contributed by atoms with Crippen LogP contribution in [0.25, 0.3) is 0 Å². The topological polar surface area (TPSA) is 111 Å². The minimum Gasteiger partial charge on any atom is -0.367 e. The summed E-state index contributed by atoms with van der Waals surface area (Å²) >= 11 is 0. The van der Waals surface area contributed by atoms with Gasteiger partial charge in [0.05, 0.1) is 24.2 Å². The van der Waals surface area contributed by atoms with Crippen LogP contribution in [-0.2, 0) is 14.3 Å². The lowest BCUT2D eigenvalue weighted by molar-refractivity contribution is -0.196. The van der Waals surface area contributed by atoms with Crippen LogP contribution < -0.4 is 11.5 Å². The van der Waals surface area contributed by atoms with Crippen LogP contribution in [-0.4, -0.2) is 35.1 Å². The number of halogens is 1. The van der Waals surface area contributed by atoms with E-state index in [2.05, 4.69) is 0 Å². The highest BCUT2D eigenvalue weighted by Crippen LogP contribution is 2.72. The van der Waals surface area contributed by atoms with Gasteiger partial charge >= 0.3 is 0 Å². The molecule has 2 aliphatic carbocycles. The first kappa shape index (κ1) is 12.8. The molecule has 3 fully saturated rings. The van der Waals surface area contributed by atoms with Gasteiger partial charge in [0.25, 0.3) is 5.91 Å². The third-order valence-corrected chi connectivity index (χ3v) is 4.71. The molecule has 7 heteroatoms. The molecule has 2 saturated carbocycles. The fourth-order valence-corrected chi connectivity index (χ4v) is 3.73. The summed E-state index contributed by atoms with van der Waals surface area (Å²) in [4.78, 5) is 11.4. The van der Waals surface area contributed by atoms with Crippen molar-refractivity contribution in [3.8, 4) is 6.07 Å². The van der Waals surface area contributed by atoms with Crippen LogP contribution in [0.15, 0.2) is 0 Å². The van der Waals surface area contributed by atoms with Gasteiger partial charge in [0.2, 0.25) is 5.67 Å². The predicted molar refractivity (Wildman–Crippen MR) is 61.0 cm³/mol. The Morgan fingerprint density at radius 2 is 1.89 bits per heavy atom. The van der Waals surface area contributed by atoms with Crippen LogP contribution in [0.5, 0.6) is 0 Å². The molecule has 19 heavy (non-hydrogen) atoms. The molecule has 1 aliphatic heterocycles. The Morgan fingerprint density at radius 3 is 2.32 bits per heavy atom. The quantitative estimate of drug-likeness (QED) is 0.671. The number of carbonyl (C=O) groups is 1. The number of fused-ring (bicyclic) bond motifs is 2. The van der Waals surface area contributed by atoms with Gasteiger partial charge in [-0.25, -0.2) is 4.39 Å². The largest absolute Gasteiger partial charge is 0.367 e. The third-order valence-electron chi connectivity index (χ3n) is 4.71. The molecule has 0 aromatic carbocycles. The van der Waals surface area contributed by atoms with Crippen molar-refractivity contribution in [3.63, 3.8) is 0 Å². The average Bonchev–Trinajstić information content (AvgIpc) is 2.78. The highest BCUT2D eigenvalue weighted by Gasteiger charge is 2.89. The van der Waals surface area contributed by atoms with E-state index in [1.807, 2.05) is 6.07 Å². The first-order chi connectivity index (χ1) is 8.71. The highest BCUT2D eigenvalue weighted by molar-refractivity contribution is 5.89. The summed E-state index contributed by atoms with van der Waals surface area (Å²) in [6.45, 7) is 3.59. The van der Waals surface area contributed by atoms with E-state index in [1.165, 1.54) is 0 Å². The smallest absolute Gasteiger partial charge is 0.256 e. The van der Waals surface area contributed by atoms with Gasteiger partial charge in [-0.15, -0.1) is 0 Å². The lowest BCUT2D eigenvalue weighted by atomic mass is 9.90. The van der Waals surface area contributed by atoms with Crippen molar-refractivity contribution in [2.24, 2.45) is 23.3 Å². The number of nitrogens with two attached hydrogens (primary N) is 2. The summed E-state index contributed by atoms with van der Waals surface area (Å²) in [6.07, 6.45) is -0.446. The third kappa shape index (κ3) is 1.27. The molecule has 1 heterocycles. The first-order valence-corrected chi connectivity index (χ1v) is 6.26. The van der Waals surface area contributed by atoms with Gasteiger partial charge in [-0.1, -0.05) is 0 Å². The molecule has 3 rings (SSSR count). The second-order valence-corrected chi connectivity index (χ2v) is 5.87. The van der Waals surface area contributed by atoms with E-state index in [-0.39, 0.29) is 18.6 Å². The number of primary amides is 1. The van der Waals surface area contributed by atoms with Crippen LogP contribution in [0.1, 0.15) is 20.3 Å². The Balaban J connectivity index is 2.03. The number of rotatable bonds is 1. The number of amides is 1. The highest BCUT2D eigenvalue weighted by atomic mass is 19.1. The predicted octanol–water partition coefficient (Wildman–Crippen LogP) is -0.429. The lowest BCUT2D eigenvalue weighted by Gasteiger charge is -2.31. The molecule has 0 aromatic heterocycles. The van der Waals surface area contributed by atoms with Gasteiger partial charge in [-0.2, -0.15) is 5.26 Å². The van der Waals surface area contributed by atoms with Gasteiger partial charge in [0.15, 0.2) is 5.79 Å². The zero-order chi connectivity index (χ0) is 14.2. The van der Waals surface area contributed by atoms with Gasteiger partial charge in [0, 0.05) is 12.3 Å². The molecule has 0 radical (unpaired) electrons. The van der Waals surface area contributed by atoms with Crippen molar-refractivity contribution in [2.45, 2.75) is 49.5 Å². The van der Waals surface area contributed by atoms with E-state index in [9.17, 15) is 14.4 Å². The maximum absolute atomic E-state index is 14.7. The number of carbonyl (C=O) groups excluding carboxylic acids is 1. The second kappa shape index (κ2) is 3.26. The molecule has 3 aliphatic rings. The summed E-state index contributed by atoms with van der Waals surface area (Å²) in [5.41, 5.74) is 7.26. The fraction of sp³-hybridized carbons (Fsp3) is 0.833. The van der Waals surface area contributed by atoms with E-state index < -0.39 is 34.7 Å². The average molecular weight is 269 g/mol. The monoisotopic (exact) mass is 269 g/mol. The Labute approximate surface area is 109 Å². The molecule has 1 saturated heterocycles. The molecular weight excluding hydrogens is 253 g/mol. The van der Waals surface area contributed by atoms with E-state index in [4.69, 9.17) is 20.9 Å². The lowest BCUT2D eigenvalue weighted by Crippen LogP contribution is -2.51. The number of nitriles is 1. The Kier molecular flexibility index (Phi) is 2.19. The van der Waals surface area contributed by atoms with Crippen LogP contribution in [0.2, 0.25) is 0 Å². The molecule has 0 unspecified atom stereocenters. The SMILES string of the molecule is C[C@@H]1OC2(C[C@](N)(C#N)[C@H]3[C@@H]2[C@]3(F)C(N)=O)O[C@H]1C. The Hall–Kier alpha value is -1.23. The van der Waals surface area contributed by atoms with Crippen molar-refractivity contribution in [1.29, 1.82) is 5.26 Å². The van der Waals surface area contributed by atoms with Gasteiger partial charge in [0.1, 0.15) is 5.54 Å². The standard InChI is InChI=1S/C12H16FN3O3/c1-5-6(2)19-11(18-5)3-10(16,4-14)7-8(11)12(7,13)9(15)17/h5-8H,3,16H2,1-2H3,(H2,15,17)/t5-,6-,7+,8-,10-,12-/m0/s1. The molecule has 0 bridgehead atoms. The first-order valence-electron chi connectivity index (χ1n) is 6.26. The maximum atomic E-state index is 14.7. The molecule has 4 N–H and O–H groups in total. The number of hydrogen-bond acceptors (Lipinski definition) is 5. The van der Waals surface area contributed by atoms with E-state index in [0.717, 1.165) is 0 Å². The molecule has 0 aromatic rings. The summed E-state index contributed by atoms with van der Waals surface area (Å²) in [6, 6.07) is 1.89. The number of hydrogen-bond donors (Lipinski definition) is 2. The minimum absolute atomic E-state index is 0.0550. The summed E-state index contributed by atoms with van der Waals surface area (Å²) < 4.78 is 26.1. The zero-order valence-corrected chi connectivity index (χ0v) is 10.7. The van der Waals surface area contributed by atoms with Crippen molar-refractivity contribution in [2.75, 3.05) is 0 Å². The number of ether oxygens (including phenoxy) is 2. The van der Waals surface area contributed by atoms with Crippen molar-refractivity contribution in [1.82, 2.24) is 0 Å². The second-order valence-electron chi connectivity index (χ2n) is 5.87. The number of alkyl halides is 1. The molecular formula is C12H16FN3O3. The molecule has 6 atom stereocenters. The number of nitrogens with zero attached hydrogens (tertiary/aromatic N) is 1. The van der Waals surface area contributed by atoms with Crippen LogP contribution in [0.3, 0.4) is 0 Å². The Bertz CT molecular complexity index is 497. The molecule has 1 amide bonds. The molecule has 6 nitrogen and oxygen atoms in total. The fourth-order valence-electron chi connectivity index (χ4n) is 3.73. The van der Waals surface area contributed by atoms with Crippen LogP contribution >= 0.6 is 0 Å². The summed E-state index contributed by atoms with van der Waals surface area (Å²) in [7, 11) is 0. The van der Waals surface area contributed by atoms with E-state index in [0.29, 0.717) is 0 Å². The van der Waals surface area contributed by atoms with Crippen molar-refractivity contribution < 1.29 is 18.7 Å². The van der Waals surface area contributed by atoms with Gasteiger partial charge in [-0.3, -0.25) is 4.79 Å². The van der Waals surface area contributed by atoms with Gasteiger partial charge < -0.3 is 20.9 Å². The van der Waals surface area contributed by atoms with E-state index in [1.54, 1.807) is 13.8 Å². The molecule has 104 valence electrons. The summed E-state index contributed by atoms with van der Waals surface area (Å²) in [5.74, 6) is -4.27. The maximum Gasteiger partial charge on any atom is 0.256 e. The van der Waals surface area contributed by atoms with E-state index >= 15 is 0 Å². The zero-order valence-electron chi connectivity index (χ0n) is 10.7. The van der Waals surface area contributed by atoms with Gasteiger partial charge in [-0.05, 0) is 13.8 Å². The molecule has 1 spiro atoms. The Morgan fingerprint density at radius 1 is 1.37 bits per heavy atom. The van der Waals surface area contributed by atoms with Crippen LogP contribution in [0.4, 0.5) is 4.39 Å².